The average molecular weight is 375 g/mol. The van der Waals surface area contributed by atoms with Crippen LogP contribution in [0.4, 0.5) is 5.95 Å². The van der Waals surface area contributed by atoms with E-state index in [1.807, 2.05) is 6.07 Å². The molecule has 7 nitrogen and oxygen atoms in total. The number of piperidine rings is 1. The van der Waals surface area contributed by atoms with Crippen molar-refractivity contribution in [3.05, 3.63) is 36.2 Å². The Balaban J connectivity index is 1.52. The van der Waals surface area contributed by atoms with E-state index in [9.17, 15) is 0 Å². The van der Waals surface area contributed by atoms with Gasteiger partial charge < -0.3 is 15.8 Å². The van der Waals surface area contributed by atoms with Gasteiger partial charge in [0.15, 0.2) is 0 Å². The summed E-state index contributed by atoms with van der Waals surface area (Å²) in [5.74, 6) is 1.23. The number of hydrogen-bond acceptors (Lipinski definition) is 6. The maximum atomic E-state index is 5.94. The van der Waals surface area contributed by atoms with E-state index in [1.165, 1.54) is 49.7 Å². The van der Waals surface area contributed by atoms with Crippen molar-refractivity contribution in [3.8, 4) is 5.75 Å². The Hall–Kier alpha value is -2.19. The third-order valence-electron chi connectivity index (χ3n) is 4.57. The van der Waals surface area contributed by atoms with E-state index in [4.69, 9.17) is 22.7 Å². The zero-order valence-electron chi connectivity index (χ0n) is 14.9. The Bertz CT molecular complexity index is 700. The highest BCUT2D eigenvalue weighted by Crippen LogP contribution is 2.18. The molecule has 3 rings (SSSR count). The number of nitrogen functional groups attached to an aromatic ring is 1. The Kier molecular flexibility index (Phi) is 6.79. The Morgan fingerprint density at radius 3 is 2.88 bits per heavy atom. The van der Waals surface area contributed by atoms with E-state index in [0.717, 1.165) is 12.3 Å². The van der Waals surface area contributed by atoms with Gasteiger partial charge >= 0.3 is 0 Å². The summed E-state index contributed by atoms with van der Waals surface area (Å²) in [6.45, 7) is 3.89. The molecule has 1 aliphatic heterocycles. The van der Waals surface area contributed by atoms with Gasteiger partial charge in [-0.05, 0) is 43.6 Å². The van der Waals surface area contributed by atoms with Gasteiger partial charge in [-0.1, -0.05) is 30.8 Å². The zero-order valence-corrected chi connectivity index (χ0v) is 15.7. The van der Waals surface area contributed by atoms with Crippen LogP contribution in [0.15, 0.2) is 30.6 Å². The lowest BCUT2D eigenvalue weighted by Crippen LogP contribution is -2.29. The van der Waals surface area contributed by atoms with Crippen molar-refractivity contribution in [2.24, 2.45) is 0 Å². The number of nitrogens with zero attached hydrogens (tertiary/aromatic N) is 4. The van der Waals surface area contributed by atoms with Crippen molar-refractivity contribution in [2.75, 3.05) is 25.4 Å². The van der Waals surface area contributed by atoms with E-state index in [2.05, 4.69) is 38.5 Å². The molecular formula is C18H26N6OS. The third kappa shape index (κ3) is 5.15. The van der Waals surface area contributed by atoms with Gasteiger partial charge in [-0.3, -0.25) is 4.90 Å². The molecule has 1 aromatic heterocycles. The van der Waals surface area contributed by atoms with Gasteiger partial charge in [0.1, 0.15) is 18.2 Å². The van der Waals surface area contributed by atoms with Crippen LogP contribution in [0.25, 0.3) is 0 Å². The van der Waals surface area contributed by atoms with Gasteiger partial charge in [-0.2, -0.15) is 10.1 Å². The number of nitrogens with two attached hydrogens (primary N) is 1. The van der Waals surface area contributed by atoms with Gasteiger partial charge in [0.2, 0.25) is 5.95 Å². The second kappa shape index (κ2) is 9.49. The summed E-state index contributed by atoms with van der Waals surface area (Å²) in [7, 11) is 0. The highest BCUT2D eigenvalue weighted by atomic mass is 32.1. The third-order valence-corrected chi connectivity index (χ3v) is 4.71. The average Bonchev–Trinajstić information content (AvgIpc) is 3.08. The Morgan fingerprint density at radius 1 is 1.31 bits per heavy atom. The molecule has 140 valence electrons. The highest BCUT2D eigenvalue weighted by molar-refractivity contribution is 7.78. The molecule has 1 atom stereocenters. The maximum absolute atomic E-state index is 5.94. The summed E-state index contributed by atoms with van der Waals surface area (Å²) in [5, 5.41) is 7.19. The lowest BCUT2D eigenvalue weighted by Gasteiger charge is -2.26. The number of anilines is 1. The van der Waals surface area contributed by atoms with Crippen molar-refractivity contribution in [3.63, 3.8) is 0 Å². The summed E-state index contributed by atoms with van der Waals surface area (Å²) in [5.41, 5.74) is 8.57. The molecule has 0 amide bonds. The SMILES string of the molecule is Nc1ncnn1C(CCOc1cccc(CN2CCCCC2)c1)NC=S. The number of likely N-dealkylation sites (tertiary alicyclic amines) is 1. The van der Waals surface area contributed by atoms with Gasteiger partial charge in [-0.15, -0.1) is 0 Å². The molecule has 0 bridgehead atoms. The van der Waals surface area contributed by atoms with E-state index in [1.54, 1.807) is 4.68 Å². The first-order valence-electron chi connectivity index (χ1n) is 9.05. The van der Waals surface area contributed by atoms with Crippen LogP contribution in [0.3, 0.4) is 0 Å². The van der Waals surface area contributed by atoms with Gasteiger partial charge in [0.25, 0.3) is 0 Å². The van der Waals surface area contributed by atoms with Crippen LogP contribution in [0.5, 0.6) is 5.75 Å². The van der Waals surface area contributed by atoms with Crippen LogP contribution in [0.1, 0.15) is 37.4 Å². The highest BCUT2D eigenvalue weighted by Gasteiger charge is 2.14. The second-order valence-electron chi connectivity index (χ2n) is 6.48. The summed E-state index contributed by atoms with van der Waals surface area (Å²) >= 11 is 4.90. The molecule has 3 N–H and O–H groups in total. The minimum absolute atomic E-state index is 0.175. The van der Waals surface area contributed by atoms with Gasteiger partial charge in [0.05, 0.1) is 12.1 Å². The number of hydrogen-bond donors (Lipinski definition) is 2. The number of nitrogens with one attached hydrogen (secondary N) is 1. The fourth-order valence-electron chi connectivity index (χ4n) is 3.25. The normalized spacial score (nSPS) is 16.2. The fourth-order valence-corrected chi connectivity index (χ4v) is 3.41. The minimum atomic E-state index is -0.175. The number of thiocarbonyl (C=S) groups is 1. The number of benzene rings is 1. The maximum Gasteiger partial charge on any atom is 0.220 e. The van der Waals surface area contributed by atoms with Crippen molar-refractivity contribution in [1.82, 2.24) is 25.0 Å². The second-order valence-corrected chi connectivity index (χ2v) is 6.72. The topological polar surface area (TPSA) is 81.2 Å². The monoisotopic (exact) mass is 374 g/mol. The standard InChI is InChI=1S/C18H26N6OS/c19-18-20-13-22-24(18)17(21-14-26)7-10-25-16-6-4-5-15(11-16)12-23-8-2-1-3-9-23/h4-6,11,13-14,17H,1-3,7-10,12H2,(H,21,26)(H2,19,20,22). The predicted octanol–water partition coefficient (Wildman–Crippen LogP) is 2.36. The molecule has 2 heterocycles. The molecule has 0 saturated carbocycles. The van der Waals surface area contributed by atoms with Crippen molar-refractivity contribution in [1.29, 1.82) is 0 Å². The zero-order chi connectivity index (χ0) is 18.2. The molecule has 2 aromatic rings. The van der Waals surface area contributed by atoms with Crippen LogP contribution in [0, 0.1) is 0 Å². The molecule has 1 unspecified atom stereocenters. The van der Waals surface area contributed by atoms with E-state index in [0.29, 0.717) is 19.0 Å². The summed E-state index contributed by atoms with van der Waals surface area (Å²) < 4.78 is 7.55. The lowest BCUT2D eigenvalue weighted by molar-refractivity contribution is 0.220. The van der Waals surface area contributed by atoms with E-state index >= 15 is 0 Å². The molecule has 1 saturated heterocycles. The molecule has 1 fully saturated rings. The van der Waals surface area contributed by atoms with Crippen LogP contribution in [0.2, 0.25) is 0 Å². The minimum Gasteiger partial charge on any atom is -0.493 e. The summed E-state index contributed by atoms with van der Waals surface area (Å²) in [6, 6.07) is 8.33. The van der Waals surface area contributed by atoms with Gasteiger partial charge in [-0.25, -0.2) is 4.68 Å². The van der Waals surface area contributed by atoms with E-state index in [-0.39, 0.29) is 6.17 Å². The molecule has 8 heteroatoms. The molecular weight excluding hydrogens is 348 g/mol. The van der Waals surface area contributed by atoms with Crippen LogP contribution in [-0.2, 0) is 6.54 Å². The predicted molar refractivity (Wildman–Crippen MR) is 106 cm³/mol. The smallest absolute Gasteiger partial charge is 0.220 e. The van der Waals surface area contributed by atoms with Crippen LogP contribution >= 0.6 is 12.2 Å². The molecule has 1 aliphatic rings. The van der Waals surface area contributed by atoms with Crippen molar-refractivity contribution >= 4 is 23.7 Å². The quantitative estimate of drug-likeness (QED) is 0.652. The van der Waals surface area contributed by atoms with Crippen LogP contribution < -0.4 is 15.8 Å². The molecule has 0 radical (unpaired) electrons. The molecule has 1 aromatic carbocycles. The van der Waals surface area contributed by atoms with Gasteiger partial charge in [0, 0.05) is 13.0 Å². The Morgan fingerprint density at radius 2 is 2.15 bits per heavy atom. The first-order chi connectivity index (χ1) is 12.8. The van der Waals surface area contributed by atoms with Crippen molar-refractivity contribution in [2.45, 2.75) is 38.4 Å². The molecule has 26 heavy (non-hydrogen) atoms. The first-order valence-corrected chi connectivity index (χ1v) is 9.52. The first kappa shape index (κ1) is 18.6. The number of ether oxygens (including phenoxy) is 1. The number of aromatic nitrogens is 3. The summed E-state index contributed by atoms with van der Waals surface area (Å²) in [6.07, 6.45) is 5.88. The van der Waals surface area contributed by atoms with Crippen molar-refractivity contribution < 1.29 is 4.74 Å². The summed E-state index contributed by atoms with van der Waals surface area (Å²) in [4.78, 5) is 6.46. The lowest BCUT2D eigenvalue weighted by atomic mass is 10.1. The fraction of sp³-hybridized carbons (Fsp3) is 0.500. The number of rotatable bonds is 9. The molecule has 0 spiro atoms. The van der Waals surface area contributed by atoms with E-state index < -0.39 is 0 Å². The largest absolute Gasteiger partial charge is 0.493 e. The Labute approximate surface area is 159 Å². The van der Waals surface area contributed by atoms with Crippen LogP contribution in [-0.4, -0.2) is 44.9 Å². The molecule has 0 aliphatic carbocycles.